The van der Waals surface area contributed by atoms with Crippen molar-refractivity contribution in [2.45, 2.75) is 17.8 Å². The van der Waals surface area contributed by atoms with Gasteiger partial charge in [0.05, 0.1) is 16.5 Å². The molecular weight excluding hydrogens is 947 g/mol. The average molecular weight is 1000 g/mol. The van der Waals surface area contributed by atoms with Gasteiger partial charge < -0.3 is 4.90 Å². The highest BCUT2D eigenvalue weighted by atomic mass is 32.1. The van der Waals surface area contributed by atoms with Crippen molar-refractivity contribution in [1.29, 1.82) is 0 Å². The van der Waals surface area contributed by atoms with Crippen LogP contribution in [0.5, 0.6) is 0 Å². The highest BCUT2D eigenvalue weighted by Crippen LogP contribution is 2.61. The molecule has 12 aromatic rings. The maximum absolute atomic E-state index is 4.48. The van der Waals surface area contributed by atoms with E-state index in [0.717, 1.165) is 28.2 Å². The van der Waals surface area contributed by atoms with Crippen molar-refractivity contribution in [3.05, 3.63) is 348 Å². The molecule has 2 heteroatoms. The molecule has 0 amide bonds. The lowest BCUT2D eigenvalue weighted by Gasteiger charge is -2.36. The fraction of sp³-hybridized carbons (Fsp3) is 0.0400. The number of nitrogens with zero attached hydrogens (tertiary/aromatic N) is 1. The minimum atomic E-state index is -0.633. The zero-order valence-electron chi connectivity index (χ0n) is 42.8. The largest absolute Gasteiger partial charge is 0.310 e. The molecule has 0 saturated carbocycles. The van der Waals surface area contributed by atoms with E-state index >= 15 is 0 Å². The van der Waals surface area contributed by atoms with Crippen LogP contribution in [0, 0.1) is 0 Å². The van der Waals surface area contributed by atoms with Crippen molar-refractivity contribution in [2.75, 3.05) is 4.90 Å². The molecule has 2 aliphatic rings. The first kappa shape index (κ1) is 46.2. The molecule has 0 aliphatic heterocycles. The second kappa shape index (κ2) is 18.8. The molecule has 0 atom stereocenters. The highest BCUT2D eigenvalue weighted by molar-refractivity contribution is 7.26. The lowest BCUT2D eigenvalue weighted by Crippen LogP contribution is -2.29. The first-order chi connectivity index (χ1) is 38.1. The summed E-state index contributed by atoms with van der Waals surface area (Å²) in [7, 11) is 0. The molecule has 0 saturated heterocycles. The Hall–Kier alpha value is -9.34. The van der Waals surface area contributed by atoms with Gasteiger partial charge in [0.2, 0.25) is 0 Å². The van der Waals surface area contributed by atoms with Crippen LogP contribution in [-0.4, -0.2) is 0 Å². The monoisotopic (exact) mass is 999 g/mol. The molecule has 1 nitrogen and oxygen atoms in total. The molecular formula is C75H53NS. The molecule has 2 aliphatic carbocycles. The van der Waals surface area contributed by atoms with Gasteiger partial charge in [0.1, 0.15) is 0 Å². The molecule has 1 aromatic heterocycles. The fourth-order valence-electron chi connectivity index (χ4n) is 13.2. The van der Waals surface area contributed by atoms with Gasteiger partial charge in [0.15, 0.2) is 0 Å². The third-order valence-corrected chi connectivity index (χ3v) is 17.6. The van der Waals surface area contributed by atoms with Crippen LogP contribution >= 0.6 is 11.3 Å². The highest BCUT2D eigenvalue weighted by Gasteiger charge is 2.49. The van der Waals surface area contributed by atoms with E-state index in [9.17, 15) is 0 Å². The van der Waals surface area contributed by atoms with Gasteiger partial charge in [0.25, 0.3) is 0 Å². The quantitative estimate of drug-likeness (QED) is 0.125. The Kier molecular flexibility index (Phi) is 11.3. The van der Waals surface area contributed by atoms with Gasteiger partial charge in [-0.05, 0) is 133 Å². The summed E-state index contributed by atoms with van der Waals surface area (Å²) >= 11 is 1.88. The van der Waals surface area contributed by atoms with Crippen LogP contribution in [0.1, 0.15) is 51.4 Å². The van der Waals surface area contributed by atoms with Crippen LogP contribution in [0.3, 0.4) is 0 Å². The molecule has 0 unspecified atom stereocenters. The van der Waals surface area contributed by atoms with E-state index in [0.29, 0.717) is 0 Å². The van der Waals surface area contributed by atoms with E-state index in [1.807, 2.05) is 11.3 Å². The molecule has 77 heavy (non-hydrogen) atoms. The Bertz CT molecular complexity index is 4200. The van der Waals surface area contributed by atoms with Gasteiger partial charge in [-0.3, -0.25) is 0 Å². The molecule has 0 radical (unpaired) electrons. The smallest absolute Gasteiger partial charge is 0.0714 e. The lowest BCUT2D eigenvalue weighted by molar-refractivity contribution is 0.761. The first-order valence-electron chi connectivity index (χ1n) is 26.6. The molecule has 0 bridgehead atoms. The minimum Gasteiger partial charge on any atom is -0.310 e. The Morgan fingerprint density at radius 1 is 0.403 bits per heavy atom. The van der Waals surface area contributed by atoms with Crippen LogP contribution in [0.2, 0.25) is 0 Å². The Morgan fingerprint density at radius 3 is 1.62 bits per heavy atom. The number of anilines is 3. The Labute approximate surface area is 455 Å². The van der Waals surface area contributed by atoms with Crippen molar-refractivity contribution in [3.63, 3.8) is 0 Å². The summed E-state index contributed by atoms with van der Waals surface area (Å²) in [5.41, 5.74) is 21.5. The zero-order valence-corrected chi connectivity index (χ0v) is 43.6. The summed E-state index contributed by atoms with van der Waals surface area (Å²) in [6.07, 6.45) is 6.54. The van der Waals surface area contributed by atoms with Crippen LogP contribution < -0.4 is 4.90 Å². The topological polar surface area (TPSA) is 3.24 Å². The van der Waals surface area contributed by atoms with Crippen molar-refractivity contribution < 1.29 is 0 Å². The summed E-state index contributed by atoms with van der Waals surface area (Å²) in [5, 5.41) is 2.62. The van der Waals surface area contributed by atoms with E-state index in [4.69, 9.17) is 0 Å². The zero-order chi connectivity index (χ0) is 51.5. The molecule has 1 heterocycles. The minimum absolute atomic E-state index is 0.566. The number of hydrogen-bond acceptors (Lipinski definition) is 2. The van der Waals surface area contributed by atoms with Crippen molar-refractivity contribution >= 4 is 54.1 Å². The van der Waals surface area contributed by atoms with E-state index in [-0.39, 0.29) is 0 Å². The maximum atomic E-state index is 4.48. The molecule has 14 rings (SSSR count). The normalized spacial score (nSPS) is 13.9. The Morgan fingerprint density at radius 2 is 0.948 bits per heavy atom. The summed E-state index contributed by atoms with van der Waals surface area (Å²) in [6, 6.07) is 101. The summed E-state index contributed by atoms with van der Waals surface area (Å²) < 4.78 is 2.64. The maximum Gasteiger partial charge on any atom is 0.0714 e. The second-order valence-electron chi connectivity index (χ2n) is 20.2. The first-order valence-corrected chi connectivity index (χ1v) is 27.5. The third-order valence-electron chi connectivity index (χ3n) is 16.3. The van der Waals surface area contributed by atoms with Gasteiger partial charge in [-0.2, -0.15) is 0 Å². The van der Waals surface area contributed by atoms with Crippen molar-refractivity contribution in [3.8, 4) is 33.4 Å². The van der Waals surface area contributed by atoms with E-state index in [2.05, 4.69) is 310 Å². The number of rotatable bonds is 11. The predicted octanol–water partition coefficient (Wildman–Crippen LogP) is 20.1. The fourth-order valence-corrected chi connectivity index (χ4v) is 14.4. The van der Waals surface area contributed by atoms with Gasteiger partial charge in [0, 0.05) is 37.1 Å². The second-order valence-corrected chi connectivity index (χ2v) is 21.3. The van der Waals surface area contributed by atoms with E-state index in [1.165, 1.54) is 98.1 Å². The summed E-state index contributed by atoms with van der Waals surface area (Å²) in [4.78, 5) is 2.52. The van der Waals surface area contributed by atoms with Gasteiger partial charge in [-0.25, -0.2) is 0 Å². The number of fused-ring (bicyclic) bond motifs is 7. The van der Waals surface area contributed by atoms with Crippen molar-refractivity contribution in [1.82, 2.24) is 0 Å². The molecule has 0 N–H and O–H groups in total. The molecule has 0 spiro atoms. The number of allylic oxidation sites excluding steroid dienone is 5. The molecule has 11 aromatic carbocycles. The van der Waals surface area contributed by atoms with Crippen LogP contribution in [0.25, 0.3) is 59.1 Å². The number of hydrogen-bond donors (Lipinski definition) is 0. The van der Waals surface area contributed by atoms with Crippen LogP contribution in [0.15, 0.2) is 303 Å². The molecule has 0 fully saturated rings. The summed E-state index contributed by atoms with van der Waals surface area (Å²) in [5.74, 6) is 0. The van der Waals surface area contributed by atoms with E-state index in [1.54, 1.807) is 0 Å². The van der Waals surface area contributed by atoms with Crippen LogP contribution in [0.4, 0.5) is 17.1 Å². The number of thiophene rings is 1. The van der Waals surface area contributed by atoms with Gasteiger partial charge in [-0.15, -0.1) is 11.3 Å². The van der Waals surface area contributed by atoms with Gasteiger partial charge in [-0.1, -0.05) is 255 Å². The SMILES string of the molecule is C=CC1=C(/C=C\C)C(c2ccccc2)(c2ccccc2)c2cc(N(c3ccc(-c4cccc(-c5cccc6c5sc5ccccc56)c4)cc3)c3cccc4c3-c3ccccc3C4(c3ccccc3)c3ccccc3)ccc21. The van der Waals surface area contributed by atoms with E-state index < -0.39 is 10.8 Å². The van der Waals surface area contributed by atoms with Gasteiger partial charge >= 0.3 is 0 Å². The average Bonchev–Trinajstić information content (AvgIpc) is 4.35. The number of benzene rings is 11. The lowest BCUT2D eigenvalue weighted by atomic mass is 9.66. The van der Waals surface area contributed by atoms with Crippen molar-refractivity contribution in [2.24, 2.45) is 0 Å². The summed E-state index contributed by atoms with van der Waals surface area (Å²) in [6.45, 7) is 6.60. The Balaban J connectivity index is 1.00. The predicted molar refractivity (Wildman–Crippen MR) is 327 cm³/mol. The third kappa shape index (κ3) is 7.06. The molecule has 364 valence electrons. The standard InChI is InChI=1S/C75H53NS/c1-3-24-66-60(4-2)62-48-47-59(50-69(62)75(66,56-31-13-7-14-32-56)57-33-15-8-16-34-57)76(58-45-43-51(44-46-58)52-25-21-26-53(49-52)61-37-22-38-64-63-35-18-20-42-71(63)77-73(61)64)70-41-23-40-68-72(70)65-36-17-19-39-67(65)74(68,54-27-9-5-10-28-54)55-29-11-6-12-30-55/h3-50H,2H2,1H3/b24-3-. The van der Waals surface area contributed by atoms with Crippen LogP contribution in [-0.2, 0) is 10.8 Å².